The zero-order valence-electron chi connectivity index (χ0n) is 6.29. The minimum Gasteiger partial charge on any atom is -0.364 e. The highest BCUT2D eigenvalue weighted by Gasteiger charge is 2.27. The Morgan fingerprint density at radius 2 is 2.42 bits per heavy atom. The smallest absolute Gasteiger partial charge is 0.257 e. The maximum atomic E-state index is 11.1. The molecule has 1 aliphatic heterocycles. The largest absolute Gasteiger partial charge is 0.364 e. The highest BCUT2D eigenvalue weighted by molar-refractivity contribution is 8.23. The van der Waals surface area contributed by atoms with Crippen LogP contribution in [0.5, 0.6) is 0 Å². The van der Waals surface area contributed by atoms with E-state index in [9.17, 15) is 4.79 Å². The summed E-state index contributed by atoms with van der Waals surface area (Å²) >= 11 is 11.0. The summed E-state index contributed by atoms with van der Waals surface area (Å²) < 4.78 is 0.512. The van der Waals surface area contributed by atoms with Crippen LogP contribution in [0.15, 0.2) is 0 Å². The molecular weight excluding hydrogens is 214 g/mol. The van der Waals surface area contributed by atoms with Gasteiger partial charge in [-0.05, 0) is 12.2 Å². The SMILES string of the molecule is CNC(=S)NN1C(=O)CSC1=S. The maximum absolute atomic E-state index is 11.1. The van der Waals surface area contributed by atoms with E-state index < -0.39 is 0 Å². The number of amides is 1. The fourth-order valence-electron chi connectivity index (χ4n) is 0.620. The molecule has 0 aromatic heterocycles. The van der Waals surface area contributed by atoms with Crippen LogP contribution in [-0.2, 0) is 4.79 Å². The molecule has 0 aromatic carbocycles. The molecule has 1 saturated heterocycles. The van der Waals surface area contributed by atoms with Gasteiger partial charge in [-0.2, -0.15) is 0 Å². The molecule has 1 fully saturated rings. The van der Waals surface area contributed by atoms with Crippen LogP contribution in [0.1, 0.15) is 0 Å². The predicted molar refractivity (Wildman–Crippen MR) is 56.7 cm³/mol. The number of hydrazine groups is 1. The van der Waals surface area contributed by atoms with Crippen molar-refractivity contribution in [2.24, 2.45) is 0 Å². The highest BCUT2D eigenvalue weighted by atomic mass is 32.2. The number of nitrogens with one attached hydrogen (secondary N) is 2. The Labute approximate surface area is 85.0 Å². The average molecular weight is 221 g/mol. The van der Waals surface area contributed by atoms with Crippen molar-refractivity contribution in [3.63, 3.8) is 0 Å². The van der Waals surface area contributed by atoms with E-state index in [1.54, 1.807) is 7.05 Å². The van der Waals surface area contributed by atoms with E-state index in [4.69, 9.17) is 24.4 Å². The van der Waals surface area contributed by atoms with Crippen LogP contribution in [0.4, 0.5) is 0 Å². The minimum absolute atomic E-state index is 0.0670. The third-order valence-electron chi connectivity index (χ3n) is 1.19. The number of thiocarbonyl (C=S) groups is 2. The summed E-state index contributed by atoms with van der Waals surface area (Å²) in [5, 5.41) is 4.35. The number of carbonyl (C=O) groups excluding carboxylic acids is 1. The van der Waals surface area contributed by atoms with Crippen LogP contribution in [0.25, 0.3) is 0 Å². The van der Waals surface area contributed by atoms with Gasteiger partial charge in [0.05, 0.1) is 5.75 Å². The van der Waals surface area contributed by atoms with Gasteiger partial charge in [-0.3, -0.25) is 10.2 Å². The van der Waals surface area contributed by atoms with Gasteiger partial charge in [0.15, 0.2) is 9.43 Å². The van der Waals surface area contributed by atoms with E-state index >= 15 is 0 Å². The molecule has 0 unspecified atom stereocenters. The van der Waals surface area contributed by atoms with Gasteiger partial charge in [-0.1, -0.05) is 24.0 Å². The molecule has 1 aliphatic rings. The van der Waals surface area contributed by atoms with E-state index in [2.05, 4.69) is 10.7 Å². The number of rotatable bonds is 1. The molecule has 1 heterocycles. The second kappa shape index (κ2) is 4.01. The van der Waals surface area contributed by atoms with Crippen molar-refractivity contribution in [3.8, 4) is 0 Å². The summed E-state index contributed by atoms with van der Waals surface area (Å²) in [5.74, 6) is 0.320. The Kier molecular flexibility index (Phi) is 3.24. The quantitative estimate of drug-likeness (QED) is 0.601. The van der Waals surface area contributed by atoms with Gasteiger partial charge in [0.1, 0.15) is 0 Å². The van der Waals surface area contributed by atoms with Crippen LogP contribution < -0.4 is 10.7 Å². The number of thioether (sulfide) groups is 1. The first kappa shape index (κ1) is 9.69. The van der Waals surface area contributed by atoms with Gasteiger partial charge in [-0.15, -0.1) is 0 Å². The summed E-state index contributed by atoms with van der Waals surface area (Å²) in [7, 11) is 1.67. The first-order valence-corrected chi connectivity index (χ1v) is 4.93. The zero-order chi connectivity index (χ0) is 9.14. The molecule has 1 rings (SSSR count). The number of hydrogen-bond donors (Lipinski definition) is 2. The van der Waals surface area contributed by atoms with Crippen LogP contribution in [0.3, 0.4) is 0 Å². The highest BCUT2D eigenvalue weighted by Crippen LogP contribution is 2.16. The monoisotopic (exact) mass is 221 g/mol. The molecule has 0 atom stereocenters. The fourth-order valence-corrected chi connectivity index (χ4v) is 1.69. The van der Waals surface area contributed by atoms with Gasteiger partial charge in [0.25, 0.3) is 5.91 Å². The van der Waals surface area contributed by atoms with Crippen molar-refractivity contribution in [3.05, 3.63) is 0 Å². The summed E-state index contributed by atoms with van der Waals surface area (Å²) in [6.07, 6.45) is 0. The summed E-state index contributed by atoms with van der Waals surface area (Å²) in [6, 6.07) is 0. The van der Waals surface area contributed by atoms with Crippen LogP contribution in [0.2, 0.25) is 0 Å². The van der Waals surface area contributed by atoms with E-state index in [1.165, 1.54) is 16.8 Å². The molecule has 0 saturated carbocycles. The van der Waals surface area contributed by atoms with Crippen LogP contribution >= 0.6 is 36.2 Å². The molecule has 0 bridgehead atoms. The van der Waals surface area contributed by atoms with E-state index in [0.29, 0.717) is 15.2 Å². The minimum atomic E-state index is -0.0670. The lowest BCUT2D eigenvalue weighted by atomic mass is 10.7. The Balaban J connectivity index is 2.56. The molecule has 1 amide bonds. The van der Waals surface area contributed by atoms with Crippen molar-refractivity contribution >= 4 is 51.5 Å². The number of hydrogen-bond acceptors (Lipinski definition) is 4. The molecule has 12 heavy (non-hydrogen) atoms. The molecular formula is C5H7N3OS3. The molecule has 0 spiro atoms. The van der Waals surface area contributed by atoms with Crippen molar-refractivity contribution in [1.29, 1.82) is 0 Å². The number of nitrogens with zero attached hydrogens (tertiary/aromatic N) is 1. The van der Waals surface area contributed by atoms with Gasteiger partial charge >= 0.3 is 0 Å². The Morgan fingerprint density at radius 1 is 1.75 bits per heavy atom. The molecule has 4 nitrogen and oxygen atoms in total. The molecule has 0 aromatic rings. The summed E-state index contributed by atoms with van der Waals surface area (Å²) in [6.45, 7) is 0. The molecule has 7 heteroatoms. The predicted octanol–water partition coefficient (Wildman–Crippen LogP) is -0.144. The first-order valence-electron chi connectivity index (χ1n) is 3.13. The number of carbonyl (C=O) groups is 1. The summed E-state index contributed by atoms with van der Waals surface area (Å²) in [5.41, 5.74) is 2.67. The lowest BCUT2D eigenvalue weighted by Crippen LogP contribution is -2.48. The third kappa shape index (κ3) is 2.05. The second-order valence-corrected chi connectivity index (χ2v) is 3.99. The van der Waals surface area contributed by atoms with Gasteiger partial charge in [0.2, 0.25) is 0 Å². The van der Waals surface area contributed by atoms with E-state index in [1.807, 2.05) is 0 Å². The van der Waals surface area contributed by atoms with Crippen LogP contribution in [-0.4, -0.2) is 33.1 Å². The molecule has 2 N–H and O–H groups in total. The maximum Gasteiger partial charge on any atom is 0.257 e. The Morgan fingerprint density at radius 3 is 2.83 bits per heavy atom. The van der Waals surface area contributed by atoms with Gasteiger partial charge < -0.3 is 5.32 Å². The molecule has 0 aliphatic carbocycles. The van der Waals surface area contributed by atoms with E-state index in [0.717, 1.165) is 0 Å². The van der Waals surface area contributed by atoms with Crippen molar-refractivity contribution in [1.82, 2.24) is 15.8 Å². The van der Waals surface area contributed by atoms with E-state index in [-0.39, 0.29) is 5.91 Å². The molecule has 0 radical (unpaired) electrons. The topological polar surface area (TPSA) is 44.4 Å². The third-order valence-corrected chi connectivity index (χ3v) is 2.84. The Hall–Kier alpha value is -0.400. The fraction of sp³-hybridized carbons (Fsp3) is 0.400. The van der Waals surface area contributed by atoms with Crippen molar-refractivity contribution < 1.29 is 4.79 Å². The first-order chi connectivity index (χ1) is 5.65. The van der Waals surface area contributed by atoms with Gasteiger partial charge in [-0.25, -0.2) is 5.01 Å². The average Bonchev–Trinajstić information content (AvgIpc) is 2.35. The lowest BCUT2D eigenvalue weighted by Gasteiger charge is -2.16. The Bertz CT molecular complexity index is 226. The lowest BCUT2D eigenvalue weighted by molar-refractivity contribution is -0.125. The summed E-state index contributed by atoms with van der Waals surface area (Å²) in [4.78, 5) is 11.1. The zero-order valence-corrected chi connectivity index (χ0v) is 8.74. The van der Waals surface area contributed by atoms with Crippen molar-refractivity contribution in [2.45, 2.75) is 0 Å². The van der Waals surface area contributed by atoms with Crippen molar-refractivity contribution in [2.75, 3.05) is 12.8 Å². The van der Waals surface area contributed by atoms with Crippen LogP contribution in [0, 0.1) is 0 Å². The van der Waals surface area contributed by atoms with Gasteiger partial charge in [0, 0.05) is 7.05 Å². The molecule has 66 valence electrons. The second-order valence-electron chi connectivity index (χ2n) is 1.97. The standard InChI is InChI=1S/C5H7N3OS3/c1-6-4(10)7-8-3(9)2-12-5(8)11/h2H2,1H3,(H2,6,7,10). The normalized spacial score (nSPS) is 16.6.